The fourth-order valence-corrected chi connectivity index (χ4v) is 6.00. The van der Waals surface area contributed by atoms with Gasteiger partial charge in [-0.1, -0.05) is 32.0 Å². The SMILES string of the molecule is CC1(C)COB(c2ccc3c(c2)CC[C@@]2(CCCS(=O)(=O)N2)CC3)OC1. The highest BCUT2D eigenvalue weighted by Gasteiger charge is 2.39. The van der Waals surface area contributed by atoms with Crippen LogP contribution in [0.25, 0.3) is 0 Å². The molecule has 1 spiro atoms. The van der Waals surface area contributed by atoms with Crippen molar-refractivity contribution >= 4 is 22.6 Å². The summed E-state index contributed by atoms with van der Waals surface area (Å²) >= 11 is 0. The molecule has 2 saturated heterocycles. The molecule has 1 N–H and O–H groups in total. The van der Waals surface area contributed by atoms with E-state index < -0.39 is 10.0 Å². The average molecular weight is 377 g/mol. The van der Waals surface area contributed by atoms with E-state index in [1.807, 2.05) is 0 Å². The second-order valence-corrected chi connectivity index (χ2v) is 10.8. The van der Waals surface area contributed by atoms with Crippen LogP contribution in [0, 0.1) is 5.41 Å². The van der Waals surface area contributed by atoms with Gasteiger partial charge in [0.1, 0.15) is 0 Å². The molecule has 0 radical (unpaired) electrons. The van der Waals surface area contributed by atoms with E-state index in [1.165, 1.54) is 11.1 Å². The maximum atomic E-state index is 12.1. The topological polar surface area (TPSA) is 64.6 Å². The highest BCUT2D eigenvalue weighted by atomic mass is 32.2. The quantitative estimate of drug-likeness (QED) is 0.758. The standard InChI is InChI=1S/C19H28BNO4S/c1-18(2)13-24-20(25-14-18)17-5-4-15-6-9-19(10-7-16(15)12-17)8-3-11-26(22,23)21-19/h4-5,12,21H,3,6-11,13-14H2,1-2H3/t19-/m1/s1. The zero-order valence-electron chi connectivity index (χ0n) is 15.7. The third-order valence-electron chi connectivity index (χ3n) is 5.94. The van der Waals surface area contributed by atoms with Crippen LogP contribution in [0.4, 0.5) is 0 Å². The third kappa shape index (κ3) is 3.86. The molecule has 7 heteroatoms. The molecule has 2 heterocycles. The first-order chi connectivity index (χ1) is 12.3. The van der Waals surface area contributed by atoms with Gasteiger partial charge in [-0.15, -0.1) is 0 Å². The van der Waals surface area contributed by atoms with E-state index in [-0.39, 0.29) is 23.8 Å². The van der Waals surface area contributed by atoms with Crippen LogP contribution in [0.15, 0.2) is 18.2 Å². The highest BCUT2D eigenvalue weighted by molar-refractivity contribution is 7.89. The Bertz CT molecular complexity index is 785. The van der Waals surface area contributed by atoms with Crippen molar-refractivity contribution in [3.63, 3.8) is 0 Å². The lowest BCUT2D eigenvalue weighted by atomic mass is 9.74. The number of aryl methyl sites for hydroxylation is 2. The third-order valence-corrected chi connectivity index (χ3v) is 7.51. The number of fused-ring (bicyclic) bond motifs is 1. The normalized spacial score (nSPS) is 30.6. The molecule has 1 aliphatic carbocycles. The minimum Gasteiger partial charge on any atom is -0.407 e. The monoisotopic (exact) mass is 377 g/mol. The molecule has 1 atom stereocenters. The number of hydrogen-bond donors (Lipinski definition) is 1. The Morgan fingerprint density at radius 2 is 1.73 bits per heavy atom. The van der Waals surface area contributed by atoms with Gasteiger partial charge in [0.05, 0.1) is 5.75 Å². The number of sulfonamides is 1. The van der Waals surface area contributed by atoms with Gasteiger partial charge in [0, 0.05) is 24.2 Å². The van der Waals surface area contributed by atoms with E-state index in [2.05, 4.69) is 36.8 Å². The summed E-state index contributed by atoms with van der Waals surface area (Å²) < 4.78 is 39.0. The van der Waals surface area contributed by atoms with E-state index in [9.17, 15) is 8.42 Å². The van der Waals surface area contributed by atoms with Crippen molar-refractivity contribution in [2.75, 3.05) is 19.0 Å². The summed E-state index contributed by atoms with van der Waals surface area (Å²) in [4.78, 5) is 0. The first kappa shape index (κ1) is 18.5. The van der Waals surface area contributed by atoms with Crippen molar-refractivity contribution in [1.82, 2.24) is 4.72 Å². The van der Waals surface area contributed by atoms with Crippen LogP contribution in [0.1, 0.15) is 50.7 Å². The Balaban J connectivity index is 1.51. The molecule has 2 aliphatic heterocycles. The highest BCUT2D eigenvalue weighted by Crippen LogP contribution is 2.34. The minimum absolute atomic E-state index is 0.0622. The molecule has 0 unspecified atom stereocenters. The summed E-state index contributed by atoms with van der Waals surface area (Å²) in [5.41, 5.74) is 3.50. The van der Waals surface area contributed by atoms with Gasteiger partial charge >= 0.3 is 7.12 Å². The fraction of sp³-hybridized carbons (Fsp3) is 0.684. The zero-order valence-corrected chi connectivity index (χ0v) is 16.5. The lowest BCUT2D eigenvalue weighted by Gasteiger charge is -2.37. The van der Waals surface area contributed by atoms with Gasteiger partial charge in [0.2, 0.25) is 10.0 Å². The zero-order chi connectivity index (χ0) is 18.4. The van der Waals surface area contributed by atoms with Crippen LogP contribution < -0.4 is 10.2 Å². The van der Waals surface area contributed by atoms with Crippen molar-refractivity contribution in [3.05, 3.63) is 29.3 Å². The second-order valence-electron chi connectivity index (χ2n) is 8.95. The Morgan fingerprint density at radius 1 is 1.04 bits per heavy atom. The summed E-state index contributed by atoms with van der Waals surface area (Å²) in [5.74, 6) is 0.262. The van der Waals surface area contributed by atoms with Crippen molar-refractivity contribution in [2.24, 2.45) is 5.41 Å². The Hall–Kier alpha value is -0.885. The predicted octanol–water partition coefficient (Wildman–Crippen LogP) is 1.79. The Morgan fingerprint density at radius 3 is 2.42 bits per heavy atom. The van der Waals surface area contributed by atoms with Crippen LogP contribution in [0.5, 0.6) is 0 Å². The van der Waals surface area contributed by atoms with Gasteiger partial charge in [0.15, 0.2) is 0 Å². The largest absolute Gasteiger partial charge is 0.493 e. The van der Waals surface area contributed by atoms with E-state index >= 15 is 0 Å². The molecule has 3 aliphatic rings. The lowest BCUT2D eigenvalue weighted by Crippen LogP contribution is -2.52. The van der Waals surface area contributed by atoms with Crippen LogP contribution in [-0.2, 0) is 32.2 Å². The molecular formula is C19H28BNO4S. The van der Waals surface area contributed by atoms with Crippen molar-refractivity contribution in [2.45, 2.75) is 57.9 Å². The van der Waals surface area contributed by atoms with E-state index in [1.54, 1.807) is 0 Å². The maximum Gasteiger partial charge on any atom is 0.493 e. The fourth-order valence-electron chi connectivity index (χ4n) is 4.41. The van der Waals surface area contributed by atoms with Gasteiger partial charge < -0.3 is 9.31 Å². The summed E-state index contributed by atoms with van der Waals surface area (Å²) in [5, 5.41) is 0. The van der Waals surface area contributed by atoms with E-state index in [4.69, 9.17) is 9.31 Å². The van der Waals surface area contributed by atoms with Gasteiger partial charge in [-0.05, 0) is 55.1 Å². The van der Waals surface area contributed by atoms with Gasteiger partial charge in [-0.2, -0.15) is 0 Å². The van der Waals surface area contributed by atoms with Crippen molar-refractivity contribution in [3.8, 4) is 0 Å². The molecule has 0 aromatic heterocycles. The maximum absolute atomic E-state index is 12.1. The summed E-state index contributed by atoms with van der Waals surface area (Å²) in [6.45, 7) is 5.68. The molecule has 26 heavy (non-hydrogen) atoms. The molecule has 4 rings (SSSR count). The number of benzene rings is 1. The van der Waals surface area contributed by atoms with Crippen molar-refractivity contribution in [1.29, 1.82) is 0 Å². The first-order valence-electron chi connectivity index (χ1n) is 9.63. The number of nitrogens with one attached hydrogen (secondary N) is 1. The summed E-state index contributed by atoms with van der Waals surface area (Å²) in [6, 6.07) is 6.48. The smallest absolute Gasteiger partial charge is 0.407 e. The average Bonchev–Trinajstić information content (AvgIpc) is 2.74. The van der Waals surface area contributed by atoms with Crippen molar-refractivity contribution < 1.29 is 17.7 Å². The van der Waals surface area contributed by atoms with Gasteiger partial charge in [-0.25, -0.2) is 13.1 Å². The lowest BCUT2D eigenvalue weighted by molar-refractivity contribution is 0.0343. The Kier molecular flexibility index (Phi) is 4.70. The summed E-state index contributed by atoms with van der Waals surface area (Å²) in [7, 11) is -3.41. The molecular weight excluding hydrogens is 349 g/mol. The second kappa shape index (κ2) is 6.62. The number of rotatable bonds is 1. The Labute approximate surface area is 157 Å². The molecule has 1 aromatic rings. The van der Waals surface area contributed by atoms with Gasteiger partial charge in [-0.3, -0.25) is 0 Å². The molecule has 0 saturated carbocycles. The molecule has 0 amide bonds. The number of hydrogen-bond acceptors (Lipinski definition) is 4. The first-order valence-corrected chi connectivity index (χ1v) is 11.3. The molecule has 1 aromatic carbocycles. The van der Waals surface area contributed by atoms with Crippen LogP contribution in [0.3, 0.4) is 0 Å². The van der Waals surface area contributed by atoms with Crippen LogP contribution >= 0.6 is 0 Å². The molecule has 2 fully saturated rings. The predicted molar refractivity (Wildman–Crippen MR) is 103 cm³/mol. The van der Waals surface area contributed by atoms with E-state index in [0.717, 1.165) is 44.0 Å². The van der Waals surface area contributed by atoms with Gasteiger partial charge in [0.25, 0.3) is 0 Å². The summed E-state index contributed by atoms with van der Waals surface area (Å²) in [6.07, 6.45) is 5.25. The van der Waals surface area contributed by atoms with Crippen LogP contribution in [0.2, 0.25) is 0 Å². The van der Waals surface area contributed by atoms with E-state index in [0.29, 0.717) is 13.2 Å². The molecule has 142 valence electrons. The molecule has 5 nitrogen and oxygen atoms in total. The molecule has 0 bridgehead atoms. The minimum atomic E-state index is -3.12. The van der Waals surface area contributed by atoms with Crippen LogP contribution in [-0.4, -0.2) is 40.0 Å².